The molecule has 45 valence electrons. The van der Waals surface area contributed by atoms with Gasteiger partial charge in [0.1, 0.15) is 0 Å². The quantitative estimate of drug-likeness (QED) is 0.658. The van der Waals surface area contributed by atoms with Crippen LogP contribution in [0.1, 0.15) is 5.56 Å². The Balaban J connectivity index is 0.000000640. The Hall–Kier alpha value is 0.323. The third-order valence-corrected chi connectivity index (χ3v) is 2.34. The molecule has 0 N–H and O–H groups in total. The summed E-state index contributed by atoms with van der Waals surface area (Å²) < 4.78 is 0. The summed E-state index contributed by atoms with van der Waals surface area (Å²) in [5.41, 5.74) is 1.47. The van der Waals surface area contributed by atoms with Crippen molar-refractivity contribution in [2.75, 3.05) is 0 Å². The van der Waals surface area contributed by atoms with Crippen LogP contribution in [0, 0.1) is 0 Å². The average Bonchev–Trinajstić information content (AvgIpc) is 1.90. The van der Waals surface area contributed by atoms with Gasteiger partial charge in [-0.1, -0.05) is 0 Å². The number of rotatable bonds is 1. The van der Waals surface area contributed by atoms with Gasteiger partial charge in [0.2, 0.25) is 0 Å². The van der Waals surface area contributed by atoms with Gasteiger partial charge >= 0.3 is 59.2 Å². The van der Waals surface area contributed by atoms with Gasteiger partial charge in [-0.25, -0.2) is 0 Å². The molecule has 9 heavy (non-hydrogen) atoms. The van der Waals surface area contributed by atoms with Crippen LogP contribution in [0.3, 0.4) is 0 Å². The van der Waals surface area contributed by atoms with E-state index in [-0.39, 0.29) is 17.0 Å². The fraction of sp³-hybridized carbons (Fsp3) is 0.143. The summed E-state index contributed by atoms with van der Waals surface area (Å²) in [5.74, 6) is 0. The fourth-order valence-corrected chi connectivity index (χ4v) is 1.34. The molecule has 0 radical (unpaired) electrons. The van der Waals surface area contributed by atoms with Crippen molar-refractivity contribution in [1.82, 2.24) is 0 Å². The number of halogens is 1. The first-order valence-electron chi connectivity index (χ1n) is 2.76. The zero-order valence-corrected chi connectivity index (χ0v) is 9.89. The van der Waals surface area contributed by atoms with E-state index in [4.69, 9.17) is 0 Å². The van der Waals surface area contributed by atoms with Gasteiger partial charge in [0, 0.05) is 0 Å². The second kappa shape index (κ2) is 5.14. The molecule has 1 rings (SSSR count). The van der Waals surface area contributed by atoms with Crippen LogP contribution in [-0.4, -0.2) is 0 Å². The van der Waals surface area contributed by atoms with Gasteiger partial charge in [-0.2, -0.15) is 0 Å². The molecule has 1 aromatic carbocycles. The SMILES string of the molecule is Br.[Zn][CH2]c1ccccc1. The molecule has 0 aromatic heterocycles. The van der Waals surface area contributed by atoms with E-state index in [2.05, 4.69) is 30.3 Å². The van der Waals surface area contributed by atoms with Gasteiger partial charge in [0.15, 0.2) is 0 Å². The fourth-order valence-electron chi connectivity index (χ4n) is 0.645. The van der Waals surface area contributed by atoms with Gasteiger partial charge in [0.25, 0.3) is 0 Å². The van der Waals surface area contributed by atoms with Crippen LogP contribution in [0.2, 0.25) is 0 Å². The minimum absolute atomic E-state index is 0. The zero-order valence-electron chi connectivity index (χ0n) is 5.21. The van der Waals surface area contributed by atoms with E-state index < -0.39 is 0 Å². The molecule has 1 aromatic rings. The average molecular weight is 237 g/mol. The van der Waals surface area contributed by atoms with Crippen LogP contribution < -0.4 is 0 Å². The summed E-state index contributed by atoms with van der Waals surface area (Å²) in [6.45, 7) is 0. The van der Waals surface area contributed by atoms with Gasteiger partial charge < -0.3 is 0 Å². The van der Waals surface area contributed by atoms with Crippen molar-refractivity contribution in [3.8, 4) is 0 Å². The molecule has 0 unspecified atom stereocenters. The summed E-state index contributed by atoms with van der Waals surface area (Å²) >= 11 is 1.37. The van der Waals surface area contributed by atoms with Crippen molar-refractivity contribution in [3.63, 3.8) is 0 Å². The van der Waals surface area contributed by atoms with Crippen LogP contribution in [0.5, 0.6) is 0 Å². The predicted molar refractivity (Wildman–Crippen MR) is 40.5 cm³/mol. The van der Waals surface area contributed by atoms with E-state index in [1.165, 1.54) is 28.9 Å². The van der Waals surface area contributed by atoms with Gasteiger partial charge in [-0.05, 0) is 0 Å². The van der Waals surface area contributed by atoms with Crippen LogP contribution >= 0.6 is 17.0 Å². The zero-order chi connectivity index (χ0) is 5.82. The molecule has 0 spiro atoms. The molecule has 0 aliphatic rings. The van der Waals surface area contributed by atoms with E-state index in [0.717, 1.165) is 0 Å². The molecule has 0 saturated carbocycles. The molecule has 0 nitrogen and oxygen atoms in total. The Kier molecular flexibility index (Phi) is 5.32. The molecule has 0 aliphatic carbocycles. The summed E-state index contributed by atoms with van der Waals surface area (Å²) in [6, 6.07) is 10.6. The number of hydrogen-bond donors (Lipinski definition) is 0. The van der Waals surface area contributed by atoms with Gasteiger partial charge in [0.05, 0.1) is 0 Å². The molecule has 0 fully saturated rings. The van der Waals surface area contributed by atoms with Gasteiger partial charge in [-0.15, -0.1) is 17.0 Å². The summed E-state index contributed by atoms with van der Waals surface area (Å²) in [6.07, 6.45) is 0. The van der Waals surface area contributed by atoms with E-state index in [1.807, 2.05) is 0 Å². The van der Waals surface area contributed by atoms with E-state index >= 15 is 0 Å². The maximum atomic E-state index is 2.17. The normalized spacial score (nSPS) is 8.22. The van der Waals surface area contributed by atoms with Crippen LogP contribution in [0.25, 0.3) is 0 Å². The standard InChI is InChI=1S/C7H7.BrH.Zn/c1-7-5-3-2-4-6-7;;/h2-6H,1H2;1H;. The molecule has 0 heterocycles. The summed E-state index contributed by atoms with van der Waals surface area (Å²) in [7, 11) is 0. The Morgan fingerprint density at radius 1 is 1.11 bits per heavy atom. The third-order valence-electron chi connectivity index (χ3n) is 1.13. The summed E-state index contributed by atoms with van der Waals surface area (Å²) in [5, 5.41) is 1.26. The van der Waals surface area contributed by atoms with E-state index in [9.17, 15) is 0 Å². The first kappa shape index (κ1) is 9.32. The van der Waals surface area contributed by atoms with Crippen LogP contribution in [-0.2, 0) is 23.3 Å². The molecule has 2 heteroatoms. The molecular formula is C7H8BrZn. The third kappa shape index (κ3) is 3.12. The molecule has 0 atom stereocenters. The summed E-state index contributed by atoms with van der Waals surface area (Å²) in [4.78, 5) is 0. The van der Waals surface area contributed by atoms with Crippen LogP contribution in [0.15, 0.2) is 30.3 Å². The Bertz CT molecular complexity index is 150. The maximum absolute atomic E-state index is 2.17. The molecule has 0 bridgehead atoms. The minimum atomic E-state index is 0. The van der Waals surface area contributed by atoms with Crippen molar-refractivity contribution in [2.45, 2.75) is 5.02 Å². The van der Waals surface area contributed by atoms with Crippen LogP contribution in [0.4, 0.5) is 0 Å². The topological polar surface area (TPSA) is 0 Å². The number of hydrogen-bond acceptors (Lipinski definition) is 0. The van der Waals surface area contributed by atoms with Crippen molar-refractivity contribution in [1.29, 1.82) is 0 Å². The molecular weight excluding hydrogens is 229 g/mol. The molecule has 0 amide bonds. The van der Waals surface area contributed by atoms with E-state index in [1.54, 1.807) is 0 Å². The Morgan fingerprint density at radius 2 is 1.67 bits per heavy atom. The molecule has 0 aliphatic heterocycles. The Labute approximate surface area is 76.1 Å². The number of benzene rings is 1. The first-order chi connectivity index (χ1) is 3.93. The van der Waals surface area contributed by atoms with Crippen molar-refractivity contribution < 1.29 is 18.3 Å². The first-order valence-corrected chi connectivity index (χ1v) is 4.86. The second-order valence-electron chi connectivity index (χ2n) is 1.74. The van der Waals surface area contributed by atoms with E-state index in [0.29, 0.717) is 0 Å². The monoisotopic (exact) mass is 235 g/mol. The van der Waals surface area contributed by atoms with Crippen molar-refractivity contribution in [2.24, 2.45) is 0 Å². The Morgan fingerprint density at radius 3 is 2.00 bits per heavy atom. The predicted octanol–water partition coefficient (Wildman–Crippen LogP) is 2.31. The second-order valence-corrected chi connectivity index (χ2v) is 2.78. The van der Waals surface area contributed by atoms with Crippen molar-refractivity contribution >= 4 is 17.0 Å². The van der Waals surface area contributed by atoms with Gasteiger partial charge in [-0.3, -0.25) is 0 Å². The molecule has 0 saturated heterocycles. The van der Waals surface area contributed by atoms with Crippen molar-refractivity contribution in [3.05, 3.63) is 35.9 Å².